The molecule has 0 unspecified atom stereocenters. The molecule has 0 heterocycles. The van der Waals surface area contributed by atoms with Crippen molar-refractivity contribution >= 4 is 23.3 Å². The number of hydrogen-bond donors (Lipinski definition) is 3. The van der Waals surface area contributed by atoms with Crippen LogP contribution in [0.3, 0.4) is 0 Å². The maximum Gasteiger partial charge on any atom is 0.319 e. The second-order valence-electron chi connectivity index (χ2n) is 4.89. The average Bonchev–Trinajstić information content (AvgIpc) is 2.27. The molecule has 1 rings (SSSR count). The molecule has 0 saturated heterocycles. The van der Waals surface area contributed by atoms with Crippen LogP contribution in [-0.4, -0.2) is 18.0 Å². The fraction of sp³-hybridized carbons (Fsp3) is 0.429. The first-order chi connectivity index (χ1) is 8.88. The van der Waals surface area contributed by atoms with E-state index in [2.05, 4.69) is 16.0 Å². The van der Waals surface area contributed by atoms with Crippen molar-refractivity contribution in [3.05, 3.63) is 24.3 Å². The van der Waals surface area contributed by atoms with E-state index in [1.54, 1.807) is 24.3 Å². The van der Waals surface area contributed by atoms with E-state index < -0.39 is 0 Å². The summed E-state index contributed by atoms with van der Waals surface area (Å²) in [6, 6.07) is 6.86. The number of nitrogens with one attached hydrogen (secondary N) is 3. The molecule has 0 bridgehead atoms. The van der Waals surface area contributed by atoms with Crippen LogP contribution in [0.15, 0.2) is 24.3 Å². The first-order valence-corrected chi connectivity index (χ1v) is 6.33. The highest BCUT2D eigenvalue weighted by Gasteiger charge is 2.10. The summed E-state index contributed by atoms with van der Waals surface area (Å²) in [5.41, 5.74) is 1.29. The van der Waals surface area contributed by atoms with Crippen LogP contribution >= 0.6 is 0 Å². The minimum atomic E-state index is -0.249. The fourth-order valence-corrected chi connectivity index (χ4v) is 1.42. The normalized spacial score (nSPS) is 11.8. The summed E-state index contributed by atoms with van der Waals surface area (Å²) >= 11 is 0. The molecule has 5 nitrogen and oxygen atoms in total. The smallest absolute Gasteiger partial charge is 0.319 e. The second-order valence-corrected chi connectivity index (χ2v) is 4.89. The van der Waals surface area contributed by atoms with Gasteiger partial charge in [-0.1, -0.05) is 19.9 Å². The van der Waals surface area contributed by atoms with Crippen molar-refractivity contribution in [2.75, 3.05) is 10.6 Å². The lowest BCUT2D eigenvalue weighted by molar-refractivity contribution is -0.114. The van der Waals surface area contributed by atoms with Crippen molar-refractivity contribution in [3.63, 3.8) is 0 Å². The van der Waals surface area contributed by atoms with Crippen molar-refractivity contribution in [1.29, 1.82) is 0 Å². The monoisotopic (exact) mass is 263 g/mol. The van der Waals surface area contributed by atoms with Gasteiger partial charge in [-0.15, -0.1) is 0 Å². The van der Waals surface area contributed by atoms with E-state index in [1.807, 2.05) is 20.8 Å². The second kappa shape index (κ2) is 6.78. The van der Waals surface area contributed by atoms with Gasteiger partial charge in [0.1, 0.15) is 0 Å². The van der Waals surface area contributed by atoms with Crippen LogP contribution in [0.1, 0.15) is 27.7 Å². The molecule has 5 heteroatoms. The third-order valence-electron chi connectivity index (χ3n) is 2.80. The van der Waals surface area contributed by atoms with Crippen LogP contribution in [0, 0.1) is 5.92 Å². The topological polar surface area (TPSA) is 70.2 Å². The number of carbonyl (C=O) groups is 2. The number of benzene rings is 1. The molecule has 0 aliphatic heterocycles. The maximum absolute atomic E-state index is 11.8. The summed E-state index contributed by atoms with van der Waals surface area (Å²) < 4.78 is 0. The van der Waals surface area contributed by atoms with Gasteiger partial charge in [0.2, 0.25) is 5.91 Å². The third kappa shape index (κ3) is 5.42. The van der Waals surface area contributed by atoms with E-state index in [0.29, 0.717) is 17.3 Å². The van der Waals surface area contributed by atoms with Gasteiger partial charge >= 0.3 is 6.03 Å². The van der Waals surface area contributed by atoms with E-state index in [0.717, 1.165) is 0 Å². The minimum absolute atomic E-state index is 0.0959. The van der Waals surface area contributed by atoms with Crippen molar-refractivity contribution < 1.29 is 9.59 Å². The Hall–Kier alpha value is -2.04. The van der Waals surface area contributed by atoms with Gasteiger partial charge in [0.25, 0.3) is 0 Å². The molecule has 104 valence electrons. The molecule has 0 aliphatic carbocycles. The Labute approximate surface area is 113 Å². The number of hydrogen-bond acceptors (Lipinski definition) is 2. The van der Waals surface area contributed by atoms with Gasteiger partial charge in [-0.05, 0) is 31.0 Å². The summed E-state index contributed by atoms with van der Waals surface area (Å²) in [4.78, 5) is 22.7. The Kier molecular flexibility index (Phi) is 5.36. The molecule has 0 saturated carbocycles. The van der Waals surface area contributed by atoms with Crippen LogP contribution in [0.5, 0.6) is 0 Å². The standard InChI is InChI=1S/C14H21N3O2/c1-9(2)10(3)15-14(19)17-13-7-5-6-12(8-13)16-11(4)18/h5-10H,1-4H3,(H,16,18)(H2,15,17,19)/t10-/m0/s1. The number of rotatable bonds is 4. The number of carbonyl (C=O) groups excluding carboxylic acids is 2. The number of amides is 3. The van der Waals surface area contributed by atoms with Crippen molar-refractivity contribution in [2.24, 2.45) is 5.92 Å². The van der Waals surface area contributed by atoms with Gasteiger partial charge < -0.3 is 16.0 Å². The van der Waals surface area contributed by atoms with E-state index in [4.69, 9.17) is 0 Å². The zero-order valence-electron chi connectivity index (χ0n) is 11.8. The molecular formula is C14H21N3O2. The zero-order chi connectivity index (χ0) is 14.4. The fourth-order valence-electron chi connectivity index (χ4n) is 1.42. The molecule has 0 fully saturated rings. The largest absolute Gasteiger partial charge is 0.335 e. The Bertz CT molecular complexity index is 458. The van der Waals surface area contributed by atoms with Gasteiger partial charge in [-0.25, -0.2) is 4.79 Å². The molecular weight excluding hydrogens is 242 g/mol. The molecule has 3 amide bonds. The van der Waals surface area contributed by atoms with Gasteiger partial charge in [0.05, 0.1) is 0 Å². The number of urea groups is 1. The van der Waals surface area contributed by atoms with Crippen LogP contribution in [0.25, 0.3) is 0 Å². The average molecular weight is 263 g/mol. The molecule has 3 N–H and O–H groups in total. The highest BCUT2D eigenvalue weighted by Crippen LogP contribution is 2.15. The molecule has 0 radical (unpaired) electrons. The first kappa shape index (κ1) is 15.0. The lowest BCUT2D eigenvalue weighted by atomic mass is 10.1. The highest BCUT2D eigenvalue weighted by molar-refractivity contribution is 5.92. The summed E-state index contributed by atoms with van der Waals surface area (Å²) in [5, 5.41) is 8.26. The van der Waals surface area contributed by atoms with E-state index in [1.165, 1.54) is 6.92 Å². The molecule has 0 aliphatic rings. The van der Waals surface area contributed by atoms with Crippen LogP contribution in [-0.2, 0) is 4.79 Å². The summed E-state index contributed by atoms with van der Waals surface area (Å²) in [5.74, 6) is 0.228. The van der Waals surface area contributed by atoms with Crippen molar-refractivity contribution in [1.82, 2.24) is 5.32 Å². The highest BCUT2D eigenvalue weighted by atomic mass is 16.2. The summed E-state index contributed by atoms with van der Waals surface area (Å²) in [6.45, 7) is 7.49. The third-order valence-corrected chi connectivity index (χ3v) is 2.80. The van der Waals surface area contributed by atoms with Gasteiger partial charge in [0, 0.05) is 24.3 Å². The molecule has 0 spiro atoms. The van der Waals surface area contributed by atoms with Gasteiger partial charge in [-0.3, -0.25) is 4.79 Å². The molecule has 1 atom stereocenters. The molecule has 0 aromatic heterocycles. The Morgan fingerprint density at radius 3 is 2.16 bits per heavy atom. The first-order valence-electron chi connectivity index (χ1n) is 6.33. The summed E-state index contributed by atoms with van der Waals surface area (Å²) in [6.07, 6.45) is 0. The Morgan fingerprint density at radius 1 is 1.05 bits per heavy atom. The minimum Gasteiger partial charge on any atom is -0.335 e. The Balaban J connectivity index is 2.61. The van der Waals surface area contributed by atoms with E-state index in [9.17, 15) is 9.59 Å². The van der Waals surface area contributed by atoms with Crippen molar-refractivity contribution in [2.45, 2.75) is 33.7 Å². The zero-order valence-corrected chi connectivity index (χ0v) is 11.8. The Morgan fingerprint density at radius 2 is 1.63 bits per heavy atom. The summed E-state index contributed by atoms with van der Waals surface area (Å²) in [7, 11) is 0. The lowest BCUT2D eigenvalue weighted by Crippen LogP contribution is -2.38. The molecule has 1 aromatic carbocycles. The van der Waals surface area contributed by atoms with Crippen LogP contribution < -0.4 is 16.0 Å². The van der Waals surface area contributed by atoms with Crippen LogP contribution in [0.4, 0.5) is 16.2 Å². The lowest BCUT2D eigenvalue weighted by Gasteiger charge is -2.18. The van der Waals surface area contributed by atoms with Crippen molar-refractivity contribution in [3.8, 4) is 0 Å². The predicted molar refractivity (Wildman–Crippen MR) is 77.2 cm³/mol. The van der Waals surface area contributed by atoms with Crippen LogP contribution in [0.2, 0.25) is 0 Å². The number of anilines is 2. The van der Waals surface area contributed by atoms with Gasteiger partial charge in [0.15, 0.2) is 0 Å². The maximum atomic E-state index is 11.8. The van der Waals surface area contributed by atoms with E-state index in [-0.39, 0.29) is 18.0 Å². The molecule has 19 heavy (non-hydrogen) atoms. The molecule has 1 aromatic rings. The quantitative estimate of drug-likeness (QED) is 0.781. The van der Waals surface area contributed by atoms with E-state index >= 15 is 0 Å². The predicted octanol–water partition coefficient (Wildman–Crippen LogP) is 2.81. The van der Waals surface area contributed by atoms with Gasteiger partial charge in [-0.2, -0.15) is 0 Å². The SMILES string of the molecule is CC(=O)Nc1cccc(NC(=O)N[C@@H](C)C(C)C)c1.